The molecule has 0 rings (SSSR count). The van der Waals surface area contributed by atoms with Gasteiger partial charge in [-0.1, -0.05) is 6.92 Å². The maximum absolute atomic E-state index is 11.5. The van der Waals surface area contributed by atoms with E-state index in [2.05, 4.69) is 0 Å². The molecule has 0 amide bonds. The minimum Gasteiger partial charge on any atom is -0.469 e. The number of methoxy groups -OCH3 is 2. The van der Waals surface area contributed by atoms with Crippen molar-refractivity contribution in [3.63, 3.8) is 0 Å². The zero-order valence-corrected chi connectivity index (χ0v) is 11.2. The molecule has 0 saturated carbocycles. The number of rotatable bonds is 6. The molecule has 2 atom stereocenters. The average molecular weight is 232 g/mol. The lowest BCUT2D eigenvalue weighted by Gasteiger charge is -2.36. The summed E-state index contributed by atoms with van der Waals surface area (Å²) < 4.78 is 9.97. The third kappa shape index (κ3) is 4.10. The molecule has 0 saturated heterocycles. The number of carbonyl (C=O) groups excluding carboxylic acids is 1. The van der Waals surface area contributed by atoms with Gasteiger partial charge in [-0.15, -0.1) is 0 Å². The summed E-state index contributed by atoms with van der Waals surface area (Å²) in [5.41, 5.74) is -1.59. The smallest absolute Gasteiger partial charge is 0.311 e. The Labute approximate surface area is 97.9 Å². The first kappa shape index (κ1) is 15.4. The van der Waals surface area contributed by atoms with Crippen LogP contribution in [0.4, 0.5) is 0 Å². The fourth-order valence-corrected chi connectivity index (χ4v) is 2.06. The molecule has 0 bridgehead atoms. The van der Waals surface area contributed by atoms with Gasteiger partial charge in [0.05, 0.1) is 24.2 Å². The van der Waals surface area contributed by atoms with Crippen molar-refractivity contribution in [3.05, 3.63) is 0 Å². The molecule has 4 heteroatoms. The highest BCUT2D eigenvalue weighted by Crippen LogP contribution is 2.31. The highest BCUT2D eigenvalue weighted by molar-refractivity contribution is 5.73. The standard InChI is InChI=1S/C12H24O4/c1-7-9(10(13)15-5)12(4,14)8-11(2,3)16-6/h9,14H,7-8H2,1-6H3. The average Bonchev–Trinajstić information content (AvgIpc) is 2.16. The lowest BCUT2D eigenvalue weighted by atomic mass is 9.79. The molecule has 4 nitrogen and oxygen atoms in total. The first-order chi connectivity index (χ1) is 7.20. The molecular weight excluding hydrogens is 208 g/mol. The Morgan fingerprint density at radius 2 is 1.81 bits per heavy atom. The van der Waals surface area contributed by atoms with Crippen molar-refractivity contribution in [2.45, 2.75) is 51.7 Å². The Morgan fingerprint density at radius 3 is 2.12 bits per heavy atom. The van der Waals surface area contributed by atoms with Crippen LogP contribution in [-0.4, -0.2) is 36.5 Å². The fourth-order valence-electron chi connectivity index (χ4n) is 2.06. The highest BCUT2D eigenvalue weighted by Gasteiger charge is 2.41. The molecule has 2 unspecified atom stereocenters. The third-order valence-electron chi connectivity index (χ3n) is 2.98. The van der Waals surface area contributed by atoms with E-state index in [1.165, 1.54) is 7.11 Å². The lowest BCUT2D eigenvalue weighted by Crippen LogP contribution is -2.45. The summed E-state index contributed by atoms with van der Waals surface area (Å²) in [7, 11) is 2.93. The number of hydrogen-bond acceptors (Lipinski definition) is 4. The Balaban J connectivity index is 4.80. The molecular formula is C12H24O4. The van der Waals surface area contributed by atoms with E-state index >= 15 is 0 Å². The van der Waals surface area contributed by atoms with Crippen LogP contribution in [0.1, 0.15) is 40.5 Å². The van der Waals surface area contributed by atoms with Gasteiger partial charge in [-0.05, 0) is 27.2 Å². The van der Waals surface area contributed by atoms with Gasteiger partial charge >= 0.3 is 5.97 Å². The molecule has 0 aromatic heterocycles. The SMILES string of the molecule is CCC(C(=O)OC)C(C)(O)CC(C)(C)OC. The Bertz CT molecular complexity index is 233. The predicted molar refractivity (Wildman–Crippen MR) is 62.1 cm³/mol. The molecule has 0 spiro atoms. The van der Waals surface area contributed by atoms with Crippen molar-refractivity contribution in [1.82, 2.24) is 0 Å². The lowest BCUT2D eigenvalue weighted by molar-refractivity contribution is -0.159. The summed E-state index contributed by atoms with van der Waals surface area (Å²) in [6.07, 6.45) is 0.920. The monoisotopic (exact) mass is 232 g/mol. The summed E-state index contributed by atoms with van der Waals surface area (Å²) in [6.45, 7) is 7.27. The van der Waals surface area contributed by atoms with E-state index in [9.17, 15) is 9.90 Å². The Kier molecular flexibility index (Phi) is 5.42. The molecule has 1 N–H and O–H groups in total. The zero-order valence-electron chi connectivity index (χ0n) is 11.2. The molecule has 0 aliphatic carbocycles. The van der Waals surface area contributed by atoms with Gasteiger partial charge in [-0.3, -0.25) is 4.79 Å². The van der Waals surface area contributed by atoms with Crippen molar-refractivity contribution in [2.75, 3.05) is 14.2 Å². The summed E-state index contributed by atoms with van der Waals surface area (Å²) >= 11 is 0. The van der Waals surface area contributed by atoms with Crippen LogP contribution >= 0.6 is 0 Å². The van der Waals surface area contributed by atoms with Crippen LogP contribution in [0.3, 0.4) is 0 Å². The van der Waals surface area contributed by atoms with Crippen LogP contribution in [0.2, 0.25) is 0 Å². The minimum absolute atomic E-state index is 0.376. The van der Waals surface area contributed by atoms with Crippen LogP contribution in [0, 0.1) is 5.92 Å². The summed E-state index contributed by atoms with van der Waals surface area (Å²) in [6, 6.07) is 0. The van der Waals surface area contributed by atoms with Crippen LogP contribution in [0.25, 0.3) is 0 Å². The molecule has 0 aromatic rings. The molecule has 0 radical (unpaired) electrons. The van der Waals surface area contributed by atoms with E-state index in [0.717, 1.165) is 0 Å². The molecule has 96 valence electrons. The molecule has 0 heterocycles. The maximum atomic E-state index is 11.5. The summed E-state index contributed by atoms with van der Waals surface area (Å²) in [5, 5.41) is 10.4. The first-order valence-electron chi connectivity index (χ1n) is 5.55. The molecule has 0 fully saturated rings. The molecule has 0 aliphatic rings. The van der Waals surface area contributed by atoms with Gasteiger partial charge < -0.3 is 14.6 Å². The van der Waals surface area contributed by atoms with E-state index in [1.54, 1.807) is 14.0 Å². The third-order valence-corrected chi connectivity index (χ3v) is 2.98. The first-order valence-corrected chi connectivity index (χ1v) is 5.55. The van der Waals surface area contributed by atoms with Crippen LogP contribution in [0.5, 0.6) is 0 Å². The second-order valence-electron chi connectivity index (χ2n) is 4.98. The second kappa shape index (κ2) is 5.64. The number of esters is 1. The van der Waals surface area contributed by atoms with Crippen molar-refractivity contribution < 1.29 is 19.4 Å². The summed E-state index contributed by atoms with van der Waals surface area (Å²) in [4.78, 5) is 11.5. The number of aliphatic hydroxyl groups is 1. The van der Waals surface area contributed by atoms with Crippen LogP contribution in [-0.2, 0) is 14.3 Å². The van der Waals surface area contributed by atoms with Gasteiger partial charge in [0.25, 0.3) is 0 Å². The van der Waals surface area contributed by atoms with Crippen LogP contribution < -0.4 is 0 Å². The Hall–Kier alpha value is -0.610. The van der Waals surface area contributed by atoms with Crippen LogP contribution in [0.15, 0.2) is 0 Å². The topological polar surface area (TPSA) is 55.8 Å². The van der Waals surface area contributed by atoms with Gasteiger partial charge in [-0.2, -0.15) is 0 Å². The van der Waals surface area contributed by atoms with Crippen molar-refractivity contribution in [2.24, 2.45) is 5.92 Å². The van der Waals surface area contributed by atoms with E-state index in [1.807, 2.05) is 20.8 Å². The molecule has 0 aromatic carbocycles. The minimum atomic E-state index is -1.12. The Morgan fingerprint density at radius 1 is 1.31 bits per heavy atom. The quantitative estimate of drug-likeness (QED) is 0.709. The van der Waals surface area contributed by atoms with Gasteiger partial charge in [0.2, 0.25) is 0 Å². The van der Waals surface area contributed by atoms with Crippen molar-refractivity contribution in [3.8, 4) is 0 Å². The predicted octanol–water partition coefficient (Wildman–Crippen LogP) is 1.75. The molecule has 16 heavy (non-hydrogen) atoms. The second-order valence-corrected chi connectivity index (χ2v) is 4.98. The number of ether oxygens (including phenoxy) is 2. The van der Waals surface area contributed by atoms with Crippen molar-refractivity contribution >= 4 is 5.97 Å². The van der Waals surface area contributed by atoms with Gasteiger partial charge in [-0.25, -0.2) is 0 Å². The van der Waals surface area contributed by atoms with Crippen molar-refractivity contribution in [1.29, 1.82) is 0 Å². The van der Waals surface area contributed by atoms with E-state index < -0.39 is 17.1 Å². The van der Waals surface area contributed by atoms with Gasteiger partial charge in [0.1, 0.15) is 0 Å². The zero-order chi connectivity index (χ0) is 13.0. The maximum Gasteiger partial charge on any atom is 0.311 e. The van der Waals surface area contributed by atoms with Gasteiger partial charge in [0.15, 0.2) is 0 Å². The van der Waals surface area contributed by atoms with E-state index in [4.69, 9.17) is 9.47 Å². The van der Waals surface area contributed by atoms with E-state index in [0.29, 0.717) is 12.8 Å². The summed E-state index contributed by atoms with van der Waals surface area (Å²) in [5.74, 6) is -0.897. The highest BCUT2D eigenvalue weighted by atomic mass is 16.5. The fraction of sp³-hybridized carbons (Fsp3) is 0.917. The normalized spacial score (nSPS) is 17.7. The number of hydrogen-bond donors (Lipinski definition) is 1. The number of carbonyl (C=O) groups is 1. The van der Waals surface area contributed by atoms with E-state index in [-0.39, 0.29) is 5.97 Å². The van der Waals surface area contributed by atoms with Gasteiger partial charge in [0, 0.05) is 13.5 Å². The largest absolute Gasteiger partial charge is 0.469 e. The molecule has 0 aliphatic heterocycles.